The van der Waals surface area contributed by atoms with Gasteiger partial charge < -0.3 is 10.6 Å². The number of aromatic amines is 1. The van der Waals surface area contributed by atoms with Gasteiger partial charge in [0.15, 0.2) is 0 Å². The average molecular weight is 277 g/mol. The molecule has 0 radical (unpaired) electrons. The van der Waals surface area contributed by atoms with Gasteiger partial charge in [-0.05, 0) is 38.1 Å². The summed E-state index contributed by atoms with van der Waals surface area (Å²) in [5.41, 5.74) is 5.81. The molecule has 0 aromatic carbocycles. The van der Waals surface area contributed by atoms with Crippen LogP contribution in [0.5, 0.6) is 0 Å². The minimum absolute atomic E-state index is 0.592. The summed E-state index contributed by atoms with van der Waals surface area (Å²) in [6, 6.07) is 0. The summed E-state index contributed by atoms with van der Waals surface area (Å²) < 4.78 is 0. The molecule has 5 nitrogen and oxygen atoms in total. The Kier molecular flexibility index (Phi) is 4.55. The van der Waals surface area contributed by atoms with Gasteiger partial charge in [-0.2, -0.15) is 4.98 Å². The van der Waals surface area contributed by atoms with E-state index < -0.39 is 0 Å². The lowest BCUT2D eigenvalue weighted by Gasteiger charge is -2.31. The van der Waals surface area contributed by atoms with Crippen LogP contribution in [0, 0.1) is 5.92 Å². The third-order valence-corrected chi connectivity index (χ3v) is 4.87. The second-order valence-corrected chi connectivity index (χ2v) is 6.40. The Bertz CT molecular complexity index is 408. The third-order valence-electron chi connectivity index (χ3n) is 4.87. The van der Waals surface area contributed by atoms with E-state index in [9.17, 15) is 0 Å². The highest BCUT2D eigenvalue weighted by molar-refractivity contribution is 5.30. The molecule has 112 valence electrons. The van der Waals surface area contributed by atoms with Crippen LogP contribution in [0.15, 0.2) is 0 Å². The van der Waals surface area contributed by atoms with E-state index in [2.05, 4.69) is 15.1 Å². The van der Waals surface area contributed by atoms with Crippen molar-refractivity contribution in [3.8, 4) is 0 Å². The smallest absolute Gasteiger partial charge is 0.244 e. The van der Waals surface area contributed by atoms with Crippen LogP contribution < -0.4 is 10.6 Å². The van der Waals surface area contributed by atoms with Gasteiger partial charge in [0.1, 0.15) is 5.82 Å². The fraction of sp³-hybridized carbons (Fsp3) is 0.867. The molecule has 1 aliphatic heterocycles. The summed E-state index contributed by atoms with van der Waals surface area (Å²) >= 11 is 0. The monoisotopic (exact) mass is 277 g/mol. The number of nitrogens with zero attached hydrogens (tertiary/aromatic N) is 3. The molecule has 1 unspecified atom stereocenters. The first-order valence-corrected chi connectivity index (χ1v) is 8.24. The Hall–Kier alpha value is -1.10. The van der Waals surface area contributed by atoms with Crippen molar-refractivity contribution in [3.63, 3.8) is 0 Å². The van der Waals surface area contributed by atoms with Crippen molar-refractivity contribution < 1.29 is 0 Å². The molecule has 3 rings (SSSR count). The first-order chi connectivity index (χ1) is 9.86. The normalized spacial score (nSPS) is 25.6. The van der Waals surface area contributed by atoms with Gasteiger partial charge in [-0.25, -0.2) is 0 Å². The SMILES string of the molecule is NCC1CCCN(c2n[nH]c(C3CCCCCC3)n2)C1. The molecule has 2 fully saturated rings. The molecule has 5 heteroatoms. The topological polar surface area (TPSA) is 70.8 Å². The van der Waals surface area contributed by atoms with E-state index in [1.807, 2.05) is 0 Å². The number of anilines is 1. The van der Waals surface area contributed by atoms with E-state index in [0.29, 0.717) is 11.8 Å². The maximum atomic E-state index is 5.81. The fourth-order valence-electron chi connectivity index (χ4n) is 3.58. The van der Waals surface area contributed by atoms with Crippen molar-refractivity contribution in [2.75, 3.05) is 24.5 Å². The molecule has 1 saturated heterocycles. The Morgan fingerprint density at radius 2 is 1.90 bits per heavy atom. The van der Waals surface area contributed by atoms with Crippen LogP contribution in [-0.4, -0.2) is 34.8 Å². The van der Waals surface area contributed by atoms with Gasteiger partial charge in [0.05, 0.1) is 0 Å². The fourth-order valence-corrected chi connectivity index (χ4v) is 3.58. The van der Waals surface area contributed by atoms with Gasteiger partial charge in [0, 0.05) is 19.0 Å². The number of rotatable bonds is 3. The van der Waals surface area contributed by atoms with Gasteiger partial charge in [0.2, 0.25) is 5.95 Å². The lowest BCUT2D eigenvalue weighted by molar-refractivity contribution is 0.419. The maximum absolute atomic E-state index is 5.81. The molecule has 3 N–H and O–H groups in total. The zero-order valence-electron chi connectivity index (χ0n) is 12.4. The van der Waals surface area contributed by atoms with Crippen molar-refractivity contribution in [1.29, 1.82) is 0 Å². The van der Waals surface area contributed by atoms with E-state index in [1.165, 1.54) is 51.4 Å². The zero-order valence-corrected chi connectivity index (χ0v) is 12.4. The van der Waals surface area contributed by atoms with Crippen LogP contribution in [0.2, 0.25) is 0 Å². The highest BCUT2D eigenvalue weighted by atomic mass is 15.4. The first-order valence-electron chi connectivity index (χ1n) is 8.24. The number of piperidine rings is 1. The van der Waals surface area contributed by atoms with E-state index in [1.54, 1.807) is 0 Å². The molecule has 20 heavy (non-hydrogen) atoms. The van der Waals surface area contributed by atoms with E-state index in [-0.39, 0.29) is 0 Å². The highest BCUT2D eigenvalue weighted by Gasteiger charge is 2.24. The minimum atomic E-state index is 0.592. The Labute approximate surface area is 121 Å². The number of hydrogen-bond acceptors (Lipinski definition) is 4. The van der Waals surface area contributed by atoms with Crippen LogP contribution in [0.3, 0.4) is 0 Å². The molecule has 1 atom stereocenters. The zero-order chi connectivity index (χ0) is 13.8. The Balaban J connectivity index is 1.66. The summed E-state index contributed by atoms with van der Waals surface area (Å²) in [5, 5.41) is 7.66. The van der Waals surface area contributed by atoms with Gasteiger partial charge >= 0.3 is 0 Å². The van der Waals surface area contributed by atoms with E-state index >= 15 is 0 Å². The minimum Gasteiger partial charge on any atom is -0.339 e. The van der Waals surface area contributed by atoms with Crippen molar-refractivity contribution in [2.24, 2.45) is 11.7 Å². The lowest BCUT2D eigenvalue weighted by atomic mass is 9.98. The first kappa shape index (κ1) is 13.9. The number of H-pyrrole nitrogens is 1. The van der Waals surface area contributed by atoms with Crippen LogP contribution in [0.4, 0.5) is 5.95 Å². The molecule has 1 aromatic rings. The van der Waals surface area contributed by atoms with Gasteiger partial charge in [-0.3, -0.25) is 5.10 Å². The summed E-state index contributed by atoms with van der Waals surface area (Å²) in [4.78, 5) is 7.09. The molecule has 2 heterocycles. The Morgan fingerprint density at radius 3 is 2.65 bits per heavy atom. The van der Waals surface area contributed by atoms with Crippen molar-refractivity contribution in [1.82, 2.24) is 15.2 Å². The third kappa shape index (κ3) is 3.14. The molecule has 0 bridgehead atoms. The second kappa shape index (κ2) is 6.57. The molecular weight excluding hydrogens is 250 g/mol. The van der Waals surface area contributed by atoms with Crippen molar-refractivity contribution >= 4 is 5.95 Å². The summed E-state index contributed by atoms with van der Waals surface area (Å²) in [6.45, 7) is 2.85. The van der Waals surface area contributed by atoms with Crippen LogP contribution in [-0.2, 0) is 0 Å². The number of hydrogen-bond donors (Lipinski definition) is 2. The largest absolute Gasteiger partial charge is 0.339 e. The van der Waals surface area contributed by atoms with Gasteiger partial charge in [-0.1, -0.05) is 25.7 Å². The average Bonchev–Trinajstić information content (AvgIpc) is 2.83. The van der Waals surface area contributed by atoms with E-state index in [0.717, 1.165) is 31.4 Å². The molecule has 2 aliphatic rings. The predicted octanol–water partition coefficient (Wildman–Crippen LogP) is 2.42. The van der Waals surface area contributed by atoms with E-state index in [4.69, 9.17) is 10.7 Å². The molecule has 0 spiro atoms. The van der Waals surface area contributed by atoms with Gasteiger partial charge in [0.25, 0.3) is 0 Å². The lowest BCUT2D eigenvalue weighted by Crippen LogP contribution is -2.39. The van der Waals surface area contributed by atoms with Crippen LogP contribution in [0.1, 0.15) is 63.1 Å². The molecule has 1 saturated carbocycles. The Morgan fingerprint density at radius 1 is 1.10 bits per heavy atom. The van der Waals surface area contributed by atoms with Crippen LogP contribution in [0.25, 0.3) is 0 Å². The standard InChI is InChI=1S/C15H27N5/c16-10-12-6-5-9-20(11-12)15-17-14(18-19-15)13-7-3-1-2-4-8-13/h12-13H,1-11,16H2,(H,17,18,19). The quantitative estimate of drug-likeness (QED) is 0.832. The van der Waals surface area contributed by atoms with Crippen molar-refractivity contribution in [3.05, 3.63) is 5.82 Å². The molecule has 0 amide bonds. The van der Waals surface area contributed by atoms with Gasteiger partial charge in [-0.15, -0.1) is 5.10 Å². The number of nitrogens with two attached hydrogens (primary N) is 1. The molecule has 1 aromatic heterocycles. The van der Waals surface area contributed by atoms with Crippen LogP contribution >= 0.6 is 0 Å². The predicted molar refractivity (Wildman–Crippen MR) is 80.8 cm³/mol. The number of nitrogens with one attached hydrogen (secondary N) is 1. The maximum Gasteiger partial charge on any atom is 0.244 e. The second-order valence-electron chi connectivity index (χ2n) is 6.40. The summed E-state index contributed by atoms with van der Waals surface area (Å²) in [6.07, 6.45) is 10.4. The number of aromatic nitrogens is 3. The molecule has 1 aliphatic carbocycles. The summed E-state index contributed by atoms with van der Waals surface area (Å²) in [5.74, 6) is 3.19. The molecular formula is C15H27N5. The van der Waals surface area contributed by atoms with Crippen molar-refractivity contribution in [2.45, 2.75) is 57.3 Å². The highest BCUT2D eigenvalue weighted by Crippen LogP contribution is 2.30. The summed E-state index contributed by atoms with van der Waals surface area (Å²) in [7, 11) is 0.